The molecule has 25 heavy (non-hydrogen) atoms. The molecule has 1 aromatic carbocycles. The van der Waals surface area contributed by atoms with Crippen molar-refractivity contribution in [3.8, 4) is 17.0 Å². The summed E-state index contributed by atoms with van der Waals surface area (Å²) in [5, 5.41) is 7.98. The number of carbonyl (C=O) groups excluding carboxylic acids is 1. The van der Waals surface area contributed by atoms with E-state index in [1.807, 2.05) is 42.7 Å². The van der Waals surface area contributed by atoms with Gasteiger partial charge in [0.05, 0.1) is 18.2 Å². The maximum absolute atomic E-state index is 12.4. The Morgan fingerprint density at radius 3 is 2.84 bits per heavy atom. The number of hydrogen-bond donors (Lipinski definition) is 1. The van der Waals surface area contributed by atoms with Gasteiger partial charge in [-0.2, -0.15) is 16.9 Å². The van der Waals surface area contributed by atoms with Crippen LogP contribution in [0.2, 0.25) is 0 Å². The van der Waals surface area contributed by atoms with Crippen LogP contribution in [0.5, 0.6) is 5.75 Å². The summed E-state index contributed by atoms with van der Waals surface area (Å²) in [6.07, 6.45) is 2.01. The quantitative estimate of drug-likeness (QED) is 0.688. The number of ether oxygens (including phenoxy) is 1. The van der Waals surface area contributed by atoms with Gasteiger partial charge in [-0.25, -0.2) is 9.67 Å². The lowest BCUT2D eigenvalue weighted by atomic mass is 10.1. The molecule has 1 N–H and O–H groups in total. The third-order valence-electron chi connectivity index (χ3n) is 3.88. The number of aromatic nitrogens is 3. The molecule has 3 aromatic rings. The second-order valence-electron chi connectivity index (χ2n) is 5.49. The normalized spacial score (nSPS) is 10.8. The van der Waals surface area contributed by atoms with Gasteiger partial charge in [0.1, 0.15) is 5.75 Å². The SMILES string of the molecule is COc1ccccc1-c1ccc2c(C(=O)NCCSC)nn(C)c2n1. The van der Waals surface area contributed by atoms with Gasteiger partial charge in [0.15, 0.2) is 11.3 Å². The van der Waals surface area contributed by atoms with Crippen molar-refractivity contribution in [3.05, 3.63) is 42.1 Å². The molecule has 1 amide bonds. The number of nitrogens with zero attached hydrogens (tertiary/aromatic N) is 3. The van der Waals surface area contributed by atoms with E-state index in [4.69, 9.17) is 4.74 Å². The monoisotopic (exact) mass is 356 g/mol. The Balaban J connectivity index is 1.99. The molecule has 0 aliphatic heterocycles. The van der Waals surface area contributed by atoms with Crippen LogP contribution in [0.15, 0.2) is 36.4 Å². The first-order chi connectivity index (χ1) is 12.2. The van der Waals surface area contributed by atoms with Crippen LogP contribution in [-0.4, -0.2) is 46.3 Å². The zero-order chi connectivity index (χ0) is 17.8. The van der Waals surface area contributed by atoms with Crippen LogP contribution in [0.4, 0.5) is 0 Å². The molecular formula is C18H20N4O2S. The highest BCUT2D eigenvalue weighted by molar-refractivity contribution is 7.98. The van der Waals surface area contributed by atoms with Crippen LogP contribution in [0.25, 0.3) is 22.3 Å². The second-order valence-corrected chi connectivity index (χ2v) is 6.47. The summed E-state index contributed by atoms with van der Waals surface area (Å²) in [6, 6.07) is 11.5. The predicted octanol–water partition coefficient (Wildman–Crippen LogP) is 2.74. The van der Waals surface area contributed by atoms with Crippen molar-refractivity contribution in [2.75, 3.05) is 25.7 Å². The van der Waals surface area contributed by atoms with Gasteiger partial charge in [-0.1, -0.05) is 12.1 Å². The summed E-state index contributed by atoms with van der Waals surface area (Å²) in [5.74, 6) is 1.45. The first-order valence-corrected chi connectivity index (χ1v) is 9.29. The van der Waals surface area contributed by atoms with E-state index >= 15 is 0 Å². The molecule has 2 heterocycles. The van der Waals surface area contributed by atoms with Crippen LogP contribution in [-0.2, 0) is 7.05 Å². The Morgan fingerprint density at radius 2 is 2.08 bits per heavy atom. The van der Waals surface area contributed by atoms with Crippen LogP contribution < -0.4 is 10.1 Å². The van der Waals surface area contributed by atoms with Crippen molar-refractivity contribution in [2.24, 2.45) is 7.05 Å². The van der Waals surface area contributed by atoms with E-state index in [1.54, 1.807) is 30.6 Å². The largest absolute Gasteiger partial charge is 0.496 e. The van der Waals surface area contributed by atoms with Gasteiger partial charge in [-0.15, -0.1) is 0 Å². The molecule has 130 valence electrons. The summed E-state index contributed by atoms with van der Waals surface area (Å²) < 4.78 is 7.05. The van der Waals surface area contributed by atoms with E-state index in [0.717, 1.165) is 28.1 Å². The maximum atomic E-state index is 12.4. The van der Waals surface area contributed by atoms with Gasteiger partial charge in [0.2, 0.25) is 0 Å². The molecule has 0 atom stereocenters. The van der Waals surface area contributed by atoms with E-state index in [9.17, 15) is 4.79 Å². The van der Waals surface area contributed by atoms with Crippen molar-refractivity contribution in [3.63, 3.8) is 0 Å². The van der Waals surface area contributed by atoms with Crippen molar-refractivity contribution in [1.82, 2.24) is 20.1 Å². The van der Waals surface area contributed by atoms with Gasteiger partial charge in [0.25, 0.3) is 5.91 Å². The Kier molecular flexibility index (Phi) is 5.23. The lowest BCUT2D eigenvalue weighted by Gasteiger charge is -2.07. The second kappa shape index (κ2) is 7.57. The topological polar surface area (TPSA) is 69.0 Å². The van der Waals surface area contributed by atoms with Gasteiger partial charge < -0.3 is 10.1 Å². The van der Waals surface area contributed by atoms with Crippen LogP contribution in [0.3, 0.4) is 0 Å². The molecule has 6 nitrogen and oxygen atoms in total. The summed E-state index contributed by atoms with van der Waals surface area (Å²) >= 11 is 1.69. The smallest absolute Gasteiger partial charge is 0.272 e. The van der Waals surface area contributed by atoms with E-state index < -0.39 is 0 Å². The van der Waals surface area contributed by atoms with Crippen molar-refractivity contribution in [1.29, 1.82) is 0 Å². The fourth-order valence-corrected chi connectivity index (χ4v) is 2.96. The molecule has 2 aromatic heterocycles. The average Bonchev–Trinajstić information content (AvgIpc) is 2.98. The minimum Gasteiger partial charge on any atom is -0.496 e. The van der Waals surface area contributed by atoms with E-state index in [2.05, 4.69) is 15.4 Å². The standard InChI is InChI=1S/C18H20N4O2S/c1-22-17-13(16(21-22)18(23)19-10-11-25-3)8-9-14(20-17)12-6-4-5-7-15(12)24-2/h4-9H,10-11H2,1-3H3,(H,19,23). The lowest BCUT2D eigenvalue weighted by Crippen LogP contribution is -2.26. The first-order valence-electron chi connectivity index (χ1n) is 7.90. The minimum absolute atomic E-state index is 0.175. The minimum atomic E-state index is -0.175. The lowest BCUT2D eigenvalue weighted by molar-refractivity contribution is 0.0952. The molecule has 0 fully saturated rings. The zero-order valence-electron chi connectivity index (χ0n) is 14.4. The molecule has 0 radical (unpaired) electrons. The summed E-state index contributed by atoms with van der Waals surface area (Å²) in [5.41, 5.74) is 2.75. The zero-order valence-corrected chi connectivity index (χ0v) is 15.3. The first kappa shape index (κ1) is 17.3. The molecule has 0 saturated heterocycles. The Morgan fingerprint density at radius 1 is 1.28 bits per heavy atom. The van der Waals surface area contributed by atoms with Crippen LogP contribution in [0.1, 0.15) is 10.5 Å². The van der Waals surface area contributed by atoms with Gasteiger partial charge in [-0.05, 0) is 30.5 Å². The van der Waals surface area contributed by atoms with E-state index in [-0.39, 0.29) is 5.91 Å². The summed E-state index contributed by atoms with van der Waals surface area (Å²) in [4.78, 5) is 17.0. The summed E-state index contributed by atoms with van der Waals surface area (Å²) in [7, 11) is 3.43. The van der Waals surface area contributed by atoms with Gasteiger partial charge in [-0.3, -0.25) is 4.79 Å². The predicted molar refractivity (Wildman–Crippen MR) is 101 cm³/mol. The molecule has 0 spiro atoms. The highest BCUT2D eigenvalue weighted by Gasteiger charge is 2.18. The number of nitrogens with one attached hydrogen (secondary N) is 1. The number of methoxy groups -OCH3 is 1. The van der Waals surface area contributed by atoms with Crippen molar-refractivity contribution >= 4 is 28.7 Å². The maximum Gasteiger partial charge on any atom is 0.272 e. The molecule has 0 bridgehead atoms. The number of benzene rings is 1. The Hall–Kier alpha value is -2.54. The number of rotatable bonds is 6. The van der Waals surface area contributed by atoms with Crippen LogP contribution in [0, 0.1) is 0 Å². The van der Waals surface area contributed by atoms with Gasteiger partial charge >= 0.3 is 0 Å². The number of fused-ring (bicyclic) bond motifs is 1. The van der Waals surface area contributed by atoms with Crippen molar-refractivity contribution < 1.29 is 9.53 Å². The number of aryl methyl sites for hydroxylation is 1. The fraction of sp³-hybridized carbons (Fsp3) is 0.278. The Bertz CT molecular complexity index is 907. The molecule has 7 heteroatoms. The third kappa shape index (κ3) is 3.46. The highest BCUT2D eigenvalue weighted by atomic mass is 32.2. The number of pyridine rings is 1. The van der Waals surface area contributed by atoms with Crippen LogP contribution >= 0.6 is 11.8 Å². The fourth-order valence-electron chi connectivity index (χ4n) is 2.66. The molecule has 0 aliphatic carbocycles. The van der Waals surface area contributed by atoms with E-state index in [0.29, 0.717) is 17.9 Å². The molecular weight excluding hydrogens is 336 g/mol. The summed E-state index contributed by atoms with van der Waals surface area (Å²) in [6.45, 7) is 0.616. The van der Waals surface area contributed by atoms with E-state index in [1.165, 1.54) is 0 Å². The van der Waals surface area contributed by atoms with Gasteiger partial charge in [0, 0.05) is 24.9 Å². The Labute approximate surface area is 150 Å². The molecule has 0 saturated carbocycles. The number of hydrogen-bond acceptors (Lipinski definition) is 5. The third-order valence-corrected chi connectivity index (χ3v) is 4.49. The average molecular weight is 356 g/mol. The molecule has 0 unspecified atom stereocenters. The number of amides is 1. The molecule has 0 aliphatic rings. The number of thioether (sulfide) groups is 1. The van der Waals surface area contributed by atoms with Crippen molar-refractivity contribution in [2.45, 2.75) is 0 Å². The number of carbonyl (C=O) groups is 1. The highest BCUT2D eigenvalue weighted by Crippen LogP contribution is 2.29. The molecule has 3 rings (SSSR count). The number of para-hydroxylation sites is 1.